The number of aryl methyl sites for hydroxylation is 1. The third-order valence-corrected chi connectivity index (χ3v) is 5.88. The van der Waals surface area contributed by atoms with E-state index in [1.807, 2.05) is 37.3 Å². The smallest absolute Gasteiger partial charge is 0.296 e. The van der Waals surface area contributed by atoms with Crippen molar-refractivity contribution in [2.45, 2.75) is 32.7 Å². The van der Waals surface area contributed by atoms with Crippen LogP contribution in [0.2, 0.25) is 0 Å². The Hall–Kier alpha value is -3.93. The van der Waals surface area contributed by atoms with E-state index in [1.54, 1.807) is 41.4 Å². The highest BCUT2D eigenvalue weighted by Crippen LogP contribution is 2.40. The molecule has 1 aliphatic heterocycles. The van der Waals surface area contributed by atoms with Gasteiger partial charge in [0, 0.05) is 6.20 Å². The van der Waals surface area contributed by atoms with Crippen LogP contribution in [-0.4, -0.2) is 17.5 Å². The molecular formula is C27H24N2O4. The molecule has 0 radical (unpaired) electrons. The van der Waals surface area contributed by atoms with Crippen molar-refractivity contribution in [2.24, 2.45) is 0 Å². The molecule has 1 unspecified atom stereocenters. The van der Waals surface area contributed by atoms with E-state index in [0.717, 1.165) is 29.7 Å². The number of ether oxygens (including phenoxy) is 1. The Balaban J connectivity index is 1.66. The number of fused-ring (bicyclic) bond motifs is 2. The third kappa shape index (κ3) is 3.67. The fourth-order valence-corrected chi connectivity index (χ4v) is 4.15. The van der Waals surface area contributed by atoms with Crippen molar-refractivity contribution in [1.82, 2.24) is 4.98 Å². The van der Waals surface area contributed by atoms with Gasteiger partial charge < -0.3 is 9.15 Å². The molecule has 166 valence electrons. The molecule has 6 nitrogen and oxygen atoms in total. The number of unbranched alkanes of at least 4 members (excludes halogenated alkanes) is 1. The summed E-state index contributed by atoms with van der Waals surface area (Å²) in [6.07, 6.45) is 3.74. The Morgan fingerprint density at radius 1 is 1.03 bits per heavy atom. The van der Waals surface area contributed by atoms with Gasteiger partial charge in [-0.3, -0.25) is 14.5 Å². The first-order valence-corrected chi connectivity index (χ1v) is 11.1. The fraction of sp³-hybridized carbons (Fsp3) is 0.222. The van der Waals surface area contributed by atoms with Crippen LogP contribution >= 0.6 is 0 Å². The van der Waals surface area contributed by atoms with E-state index in [1.165, 1.54) is 0 Å². The molecule has 0 aliphatic carbocycles. The number of anilines is 1. The van der Waals surface area contributed by atoms with Crippen LogP contribution in [0.5, 0.6) is 5.75 Å². The van der Waals surface area contributed by atoms with Gasteiger partial charge in [-0.05, 0) is 54.8 Å². The summed E-state index contributed by atoms with van der Waals surface area (Å²) in [7, 11) is 0. The summed E-state index contributed by atoms with van der Waals surface area (Å²) < 4.78 is 11.8. The number of carbonyl (C=O) groups excluding carboxylic acids is 1. The molecule has 33 heavy (non-hydrogen) atoms. The highest BCUT2D eigenvalue weighted by atomic mass is 16.5. The summed E-state index contributed by atoms with van der Waals surface area (Å²) in [6, 6.07) is 17.6. The van der Waals surface area contributed by atoms with Crippen molar-refractivity contribution in [3.63, 3.8) is 0 Å². The molecule has 0 saturated heterocycles. The number of aromatic nitrogens is 1. The maximum absolute atomic E-state index is 13.5. The van der Waals surface area contributed by atoms with E-state index in [4.69, 9.17) is 9.15 Å². The lowest BCUT2D eigenvalue weighted by Gasteiger charge is -2.24. The molecule has 4 aromatic rings. The van der Waals surface area contributed by atoms with Crippen molar-refractivity contribution in [1.29, 1.82) is 0 Å². The minimum Gasteiger partial charge on any atom is -0.494 e. The molecule has 6 heteroatoms. The first-order chi connectivity index (χ1) is 16.1. The van der Waals surface area contributed by atoms with E-state index in [2.05, 4.69) is 11.9 Å². The first-order valence-electron chi connectivity index (χ1n) is 11.1. The zero-order valence-corrected chi connectivity index (χ0v) is 18.6. The molecule has 0 N–H and O–H groups in total. The Morgan fingerprint density at radius 2 is 1.82 bits per heavy atom. The molecule has 3 heterocycles. The normalized spacial score (nSPS) is 15.2. The van der Waals surface area contributed by atoms with Gasteiger partial charge in [0.15, 0.2) is 5.43 Å². The Bertz CT molecular complexity index is 1370. The van der Waals surface area contributed by atoms with Gasteiger partial charge >= 0.3 is 0 Å². The maximum Gasteiger partial charge on any atom is 0.296 e. The van der Waals surface area contributed by atoms with Crippen LogP contribution in [0.3, 0.4) is 0 Å². The lowest BCUT2D eigenvalue weighted by atomic mass is 9.98. The Labute approximate surface area is 191 Å². The number of para-hydroxylation sites is 1. The summed E-state index contributed by atoms with van der Waals surface area (Å²) >= 11 is 0. The molecule has 1 atom stereocenters. The predicted molar refractivity (Wildman–Crippen MR) is 127 cm³/mol. The summed E-state index contributed by atoms with van der Waals surface area (Å²) in [6.45, 7) is 4.70. The molecule has 0 fully saturated rings. The van der Waals surface area contributed by atoms with Crippen molar-refractivity contribution in [3.05, 3.63) is 99.5 Å². The molecule has 1 aliphatic rings. The minimum atomic E-state index is -0.645. The van der Waals surface area contributed by atoms with Gasteiger partial charge in [-0.15, -0.1) is 0 Å². The van der Waals surface area contributed by atoms with Gasteiger partial charge in [0.1, 0.15) is 17.2 Å². The molecule has 2 aromatic carbocycles. The molecule has 5 rings (SSSR count). The number of hydrogen-bond acceptors (Lipinski definition) is 5. The van der Waals surface area contributed by atoms with Gasteiger partial charge in [0.05, 0.1) is 23.6 Å². The second-order valence-corrected chi connectivity index (χ2v) is 8.21. The number of amides is 1. The van der Waals surface area contributed by atoms with Crippen LogP contribution in [0, 0.1) is 6.92 Å². The van der Waals surface area contributed by atoms with E-state index >= 15 is 0 Å². The highest BCUT2D eigenvalue weighted by Gasteiger charge is 2.44. The third-order valence-electron chi connectivity index (χ3n) is 5.88. The summed E-state index contributed by atoms with van der Waals surface area (Å²) in [5.74, 6) is 0.905. The summed E-state index contributed by atoms with van der Waals surface area (Å²) in [5.41, 5.74) is 2.29. The number of pyridine rings is 1. The Kier molecular flexibility index (Phi) is 5.42. The minimum absolute atomic E-state index is 0.0642. The quantitative estimate of drug-likeness (QED) is 0.374. The van der Waals surface area contributed by atoms with Gasteiger partial charge in [-0.25, -0.2) is 4.98 Å². The lowest BCUT2D eigenvalue weighted by molar-refractivity contribution is 0.0970. The molecular weight excluding hydrogens is 416 g/mol. The fourth-order valence-electron chi connectivity index (χ4n) is 4.15. The number of benzene rings is 2. The molecule has 0 spiro atoms. The lowest BCUT2D eigenvalue weighted by Crippen LogP contribution is -2.30. The summed E-state index contributed by atoms with van der Waals surface area (Å²) in [5, 5.41) is 0.451. The first kappa shape index (κ1) is 20.9. The molecule has 2 aromatic heterocycles. The number of carbonyl (C=O) groups is 1. The number of rotatable bonds is 6. The van der Waals surface area contributed by atoms with Crippen LogP contribution in [0.4, 0.5) is 5.82 Å². The second kappa shape index (κ2) is 8.54. The average molecular weight is 440 g/mol. The number of nitrogens with zero attached hydrogens (tertiary/aromatic N) is 2. The summed E-state index contributed by atoms with van der Waals surface area (Å²) in [4.78, 5) is 33.1. The largest absolute Gasteiger partial charge is 0.494 e. The topological polar surface area (TPSA) is 72.6 Å². The van der Waals surface area contributed by atoms with E-state index in [9.17, 15) is 9.59 Å². The maximum atomic E-state index is 13.5. The van der Waals surface area contributed by atoms with E-state index in [0.29, 0.717) is 29.0 Å². The van der Waals surface area contributed by atoms with Crippen molar-refractivity contribution < 1.29 is 13.9 Å². The van der Waals surface area contributed by atoms with Crippen LogP contribution in [0.15, 0.2) is 76.1 Å². The monoisotopic (exact) mass is 440 g/mol. The number of hydrogen-bond donors (Lipinski definition) is 0. The van der Waals surface area contributed by atoms with Crippen LogP contribution < -0.4 is 15.1 Å². The van der Waals surface area contributed by atoms with Crippen LogP contribution in [0.25, 0.3) is 11.0 Å². The van der Waals surface area contributed by atoms with Crippen molar-refractivity contribution in [2.75, 3.05) is 11.5 Å². The predicted octanol–water partition coefficient (Wildman–Crippen LogP) is 5.43. The van der Waals surface area contributed by atoms with Crippen LogP contribution in [-0.2, 0) is 0 Å². The highest BCUT2D eigenvalue weighted by molar-refractivity contribution is 6.10. The average Bonchev–Trinajstić information content (AvgIpc) is 3.13. The van der Waals surface area contributed by atoms with Gasteiger partial charge in [-0.1, -0.05) is 43.7 Å². The Morgan fingerprint density at radius 3 is 2.55 bits per heavy atom. The van der Waals surface area contributed by atoms with Gasteiger partial charge in [0.2, 0.25) is 5.76 Å². The van der Waals surface area contributed by atoms with Gasteiger partial charge in [-0.2, -0.15) is 0 Å². The zero-order chi connectivity index (χ0) is 22.9. The SMILES string of the molecule is CCCCOc1ccc(C2c3c(oc4ccccc4c3=O)C(=O)N2c2ccc(C)cn2)cc1. The van der Waals surface area contributed by atoms with Crippen molar-refractivity contribution >= 4 is 22.7 Å². The van der Waals surface area contributed by atoms with Crippen molar-refractivity contribution in [3.8, 4) is 5.75 Å². The second-order valence-electron chi connectivity index (χ2n) is 8.21. The van der Waals surface area contributed by atoms with E-state index in [-0.39, 0.29) is 17.1 Å². The zero-order valence-electron chi connectivity index (χ0n) is 18.6. The van der Waals surface area contributed by atoms with E-state index < -0.39 is 6.04 Å². The van der Waals surface area contributed by atoms with Crippen LogP contribution in [0.1, 0.15) is 53.1 Å². The standard InChI is InChI=1S/C27H24N2O4/c1-3-4-15-32-19-12-10-18(11-13-19)24-23-25(30)20-7-5-6-8-21(20)33-26(23)27(31)29(24)22-14-9-17(2)16-28-22/h5-14,16,24H,3-4,15H2,1-2H3. The molecule has 0 bridgehead atoms. The van der Waals surface area contributed by atoms with Gasteiger partial charge in [0.25, 0.3) is 5.91 Å². The molecule has 1 amide bonds. The molecule has 0 saturated carbocycles.